The molecule has 0 N–H and O–H groups in total. The molecule has 18 heavy (non-hydrogen) atoms. The highest BCUT2D eigenvalue weighted by Crippen LogP contribution is 2.24. The minimum Gasteiger partial charge on any atom is -0.489 e. The molecule has 0 amide bonds. The smallest absolute Gasteiger partial charge is 0.122 e. The Bertz CT molecular complexity index is 566. The second kappa shape index (κ2) is 5.77. The zero-order chi connectivity index (χ0) is 13.1. The first-order valence-corrected chi connectivity index (χ1v) is 6.87. The molecule has 0 aliphatic carbocycles. The largest absolute Gasteiger partial charge is 0.489 e. The molecule has 0 atom stereocenters. The molecule has 0 aliphatic heterocycles. The van der Waals surface area contributed by atoms with Crippen molar-refractivity contribution in [1.29, 1.82) is 0 Å². The Labute approximate surface area is 121 Å². The standard InChI is InChI=1S/C15H14BrClO/c1-10-3-4-11(2)15(7-10)18-9-12-5-6-13(16)8-14(12)17/h3-8H,9H2,1-2H3. The van der Waals surface area contributed by atoms with E-state index in [0.717, 1.165) is 26.4 Å². The third-order valence-electron chi connectivity index (χ3n) is 2.74. The molecule has 1 nitrogen and oxygen atoms in total. The molecule has 0 aromatic heterocycles. The van der Waals surface area contributed by atoms with Crippen molar-refractivity contribution < 1.29 is 4.74 Å². The fourth-order valence-corrected chi connectivity index (χ4v) is 2.39. The van der Waals surface area contributed by atoms with Crippen LogP contribution in [-0.4, -0.2) is 0 Å². The SMILES string of the molecule is Cc1ccc(C)c(OCc2ccc(Br)cc2Cl)c1. The summed E-state index contributed by atoms with van der Waals surface area (Å²) in [5.41, 5.74) is 3.31. The van der Waals surface area contributed by atoms with Gasteiger partial charge in [0.2, 0.25) is 0 Å². The Balaban J connectivity index is 2.13. The van der Waals surface area contributed by atoms with E-state index >= 15 is 0 Å². The number of ether oxygens (including phenoxy) is 1. The molecule has 0 aliphatic rings. The number of benzene rings is 2. The summed E-state index contributed by atoms with van der Waals surface area (Å²) in [4.78, 5) is 0. The summed E-state index contributed by atoms with van der Waals surface area (Å²) in [7, 11) is 0. The number of aryl methyl sites for hydroxylation is 2. The average Bonchev–Trinajstić information content (AvgIpc) is 2.32. The maximum absolute atomic E-state index is 6.16. The maximum atomic E-state index is 6.16. The van der Waals surface area contributed by atoms with E-state index in [1.807, 2.05) is 31.2 Å². The summed E-state index contributed by atoms with van der Waals surface area (Å²) in [6.07, 6.45) is 0. The summed E-state index contributed by atoms with van der Waals surface area (Å²) in [5, 5.41) is 0.717. The van der Waals surface area contributed by atoms with E-state index < -0.39 is 0 Å². The molecule has 0 spiro atoms. The van der Waals surface area contributed by atoms with E-state index in [1.165, 1.54) is 5.56 Å². The molecule has 3 heteroatoms. The van der Waals surface area contributed by atoms with Crippen molar-refractivity contribution in [3.05, 3.63) is 62.6 Å². The Kier molecular flexibility index (Phi) is 4.31. The molecule has 2 aromatic carbocycles. The second-order valence-electron chi connectivity index (χ2n) is 4.29. The van der Waals surface area contributed by atoms with Gasteiger partial charge in [-0.3, -0.25) is 0 Å². The summed E-state index contributed by atoms with van der Waals surface area (Å²) in [6, 6.07) is 12.0. The summed E-state index contributed by atoms with van der Waals surface area (Å²) < 4.78 is 6.80. The lowest BCUT2D eigenvalue weighted by Gasteiger charge is -2.11. The zero-order valence-electron chi connectivity index (χ0n) is 10.3. The third-order valence-corrected chi connectivity index (χ3v) is 3.59. The van der Waals surface area contributed by atoms with Gasteiger partial charge in [0.15, 0.2) is 0 Å². The first-order chi connectivity index (χ1) is 8.56. The van der Waals surface area contributed by atoms with Crippen LogP contribution in [0, 0.1) is 13.8 Å². The van der Waals surface area contributed by atoms with Gasteiger partial charge in [-0.2, -0.15) is 0 Å². The monoisotopic (exact) mass is 324 g/mol. The average molecular weight is 326 g/mol. The molecule has 0 saturated carbocycles. The van der Waals surface area contributed by atoms with Gasteiger partial charge in [-0.1, -0.05) is 45.7 Å². The predicted octanol–water partition coefficient (Wildman–Crippen LogP) is 5.30. The molecular weight excluding hydrogens is 312 g/mol. The van der Waals surface area contributed by atoms with Gasteiger partial charge < -0.3 is 4.74 Å². The fraction of sp³-hybridized carbons (Fsp3) is 0.200. The molecule has 0 fully saturated rings. The first kappa shape index (κ1) is 13.4. The van der Waals surface area contributed by atoms with Gasteiger partial charge in [0.05, 0.1) is 0 Å². The molecule has 0 saturated heterocycles. The second-order valence-corrected chi connectivity index (χ2v) is 5.62. The molecule has 2 rings (SSSR count). The number of rotatable bonds is 3. The van der Waals surface area contributed by atoms with Gasteiger partial charge in [0.25, 0.3) is 0 Å². The zero-order valence-corrected chi connectivity index (χ0v) is 12.7. The molecule has 0 heterocycles. The molecule has 0 unspecified atom stereocenters. The van der Waals surface area contributed by atoms with Gasteiger partial charge in [-0.25, -0.2) is 0 Å². The van der Waals surface area contributed by atoms with Crippen molar-refractivity contribution >= 4 is 27.5 Å². The van der Waals surface area contributed by atoms with Gasteiger partial charge in [-0.15, -0.1) is 0 Å². The lowest BCUT2D eigenvalue weighted by Crippen LogP contribution is -1.98. The van der Waals surface area contributed by atoms with Crippen LogP contribution in [0.4, 0.5) is 0 Å². The lowest BCUT2D eigenvalue weighted by atomic mass is 10.1. The van der Waals surface area contributed by atoms with E-state index in [0.29, 0.717) is 6.61 Å². The Morgan fingerprint density at radius 3 is 2.61 bits per heavy atom. The summed E-state index contributed by atoms with van der Waals surface area (Å²) in [6.45, 7) is 4.58. The molecular formula is C15H14BrClO. The minimum atomic E-state index is 0.483. The van der Waals surface area contributed by atoms with Crippen LogP contribution in [0.25, 0.3) is 0 Å². The quantitative estimate of drug-likeness (QED) is 0.744. The van der Waals surface area contributed by atoms with Crippen LogP contribution in [0.3, 0.4) is 0 Å². The number of hydrogen-bond acceptors (Lipinski definition) is 1. The van der Waals surface area contributed by atoms with E-state index in [4.69, 9.17) is 16.3 Å². The van der Waals surface area contributed by atoms with Crippen molar-refractivity contribution in [2.75, 3.05) is 0 Å². The fourth-order valence-electron chi connectivity index (χ4n) is 1.66. The van der Waals surface area contributed by atoms with Crippen LogP contribution < -0.4 is 4.74 Å². The van der Waals surface area contributed by atoms with Gasteiger partial charge >= 0.3 is 0 Å². The van der Waals surface area contributed by atoms with Gasteiger partial charge in [0.1, 0.15) is 12.4 Å². The first-order valence-electron chi connectivity index (χ1n) is 5.70. The van der Waals surface area contributed by atoms with Crippen LogP contribution in [0.5, 0.6) is 5.75 Å². The Hall–Kier alpha value is -0.990. The normalized spacial score (nSPS) is 10.4. The molecule has 0 radical (unpaired) electrons. The Morgan fingerprint density at radius 1 is 1.11 bits per heavy atom. The maximum Gasteiger partial charge on any atom is 0.122 e. The predicted molar refractivity (Wildman–Crippen MR) is 79.4 cm³/mol. The summed E-state index contributed by atoms with van der Waals surface area (Å²) >= 11 is 9.54. The van der Waals surface area contributed by atoms with E-state index in [2.05, 4.69) is 35.0 Å². The van der Waals surface area contributed by atoms with Crippen LogP contribution >= 0.6 is 27.5 Å². The number of halogens is 2. The third kappa shape index (κ3) is 3.27. The number of hydrogen-bond donors (Lipinski definition) is 0. The van der Waals surface area contributed by atoms with Crippen molar-refractivity contribution in [3.63, 3.8) is 0 Å². The van der Waals surface area contributed by atoms with Crippen LogP contribution in [0.15, 0.2) is 40.9 Å². The highest BCUT2D eigenvalue weighted by molar-refractivity contribution is 9.10. The summed E-state index contributed by atoms with van der Waals surface area (Å²) in [5.74, 6) is 0.911. The lowest BCUT2D eigenvalue weighted by molar-refractivity contribution is 0.304. The molecule has 94 valence electrons. The molecule has 0 bridgehead atoms. The topological polar surface area (TPSA) is 9.23 Å². The van der Waals surface area contributed by atoms with E-state index in [1.54, 1.807) is 0 Å². The highest BCUT2D eigenvalue weighted by atomic mass is 79.9. The van der Waals surface area contributed by atoms with Crippen molar-refractivity contribution in [2.45, 2.75) is 20.5 Å². The molecule has 2 aromatic rings. The van der Waals surface area contributed by atoms with Crippen LogP contribution in [0.2, 0.25) is 5.02 Å². The highest BCUT2D eigenvalue weighted by Gasteiger charge is 2.04. The van der Waals surface area contributed by atoms with Crippen molar-refractivity contribution in [2.24, 2.45) is 0 Å². The van der Waals surface area contributed by atoms with Gasteiger partial charge in [0, 0.05) is 15.1 Å². The van der Waals surface area contributed by atoms with Crippen LogP contribution in [0.1, 0.15) is 16.7 Å². The van der Waals surface area contributed by atoms with E-state index in [-0.39, 0.29) is 0 Å². The van der Waals surface area contributed by atoms with Gasteiger partial charge in [-0.05, 0) is 43.2 Å². The van der Waals surface area contributed by atoms with Crippen LogP contribution in [-0.2, 0) is 6.61 Å². The van der Waals surface area contributed by atoms with Crippen molar-refractivity contribution in [1.82, 2.24) is 0 Å². The Morgan fingerprint density at radius 2 is 1.89 bits per heavy atom. The van der Waals surface area contributed by atoms with E-state index in [9.17, 15) is 0 Å². The van der Waals surface area contributed by atoms with Crippen molar-refractivity contribution in [3.8, 4) is 5.75 Å². The minimum absolute atomic E-state index is 0.483.